The Morgan fingerprint density at radius 3 is 2.33 bits per heavy atom. The van der Waals surface area contributed by atoms with E-state index in [1.54, 1.807) is 44.2 Å². The smallest absolute Gasteiger partial charge is 0.413 e. The van der Waals surface area contributed by atoms with E-state index in [1.807, 2.05) is 48.5 Å². The summed E-state index contributed by atoms with van der Waals surface area (Å²) in [5, 5.41) is 36.3. The quantitative estimate of drug-likeness (QED) is 0.0492. The van der Waals surface area contributed by atoms with Gasteiger partial charge in [-0.3, -0.25) is 9.36 Å². The molecule has 21 heteroatoms. The normalized spacial score (nSPS) is 12.0. The summed E-state index contributed by atoms with van der Waals surface area (Å²) in [5.74, 6) is -0.0757. The number of esters is 1. The lowest BCUT2D eigenvalue weighted by molar-refractivity contribution is -0.790. The van der Waals surface area contributed by atoms with Gasteiger partial charge in [0.2, 0.25) is 5.82 Å². The van der Waals surface area contributed by atoms with Gasteiger partial charge in [-0.15, -0.1) is 30.4 Å². The molecule has 0 aliphatic carbocycles. The molecule has 0 aliphatic rings. The molecule has 0 aliphatic heterocycles. The molecule has 3 aromatic heterocycles. The van der Waals surface area contributed by atoms with Crippen LogP contribution in [0.3, 0.4) is 0 Å². The van der Waals surface area contributed by atoms with E-state index >= 15 is 0 Å². The lowest BCUT2D eigenvalue weighted by atomic mass is 9.98. The number of pyridine rings is 1. The van der Waals surface area contributed by atoms with Crippen LogP contribution in [0.15, 0.2) is 89.7 Å². The summed E-state index contributed by atoms with van der Waals surface area (Å²) in [6, 6.07) is 24.0. The minimum atomic E-state index is -1.23. The number of unbranched alkanes of at least 4 members (excludes halogenated alkanes) is 1. The third kappa shape index (κ3) is 11.0. The molecule has 6 aromatic rings. The van der Waals surface area contributed by atoms with Crippen molar-refractivity contribution in [3.8, 4) is 28.3 Å². The van der Waals surface area contributed by atoms with Crippen molar-refractivity contribution >= 4 is 23.1 Å². The number of carbonyl (C=O) groups is 2. The molecule has 2 unspecified atom stereocenters. The topological polar surface area (TPSA) is 272 Å². The van der Waals surface area contributed by atoms with E-state index in [9.17, 15) is 34.6 Å². The molecule has 3 aromatic carbocycles. The summed E-state index contributed by atoms with van der Waals surface area (Å²) in [6.07, 6.45) is -1.78. The predicted octanol–water partition coefficient (Wildman–Crippen LogP) is 4.50. The molecular weight excluding hydrogens is 784 g/mol. The number of ether oxygens (including phenoxy) is 2. The number of aromatic nitrogens is 7. The Balaban J connectivity index is 1.16. The number of H-pyrrole nitrogens is 1. The number of hydrogen-bond acceptors (Lipinski definition) is 16. The molecule has 0 saturated carbocycles. The third-order valence-corrected chi connectivity index (χ3v) is 9.15. The van der Waals surface area contributed by atoms with Crippen LogP contribution < -0.4 is 15.6 Å². The van der Waals surface area contributed by atoms with Gasteiger partial charge >= 0.3 is 12.1 Å². The highest BCUT2D eigenvalue weighted by Gasteiger charge is 2.26. The van der Waals surface area contributed by atoms with Crippen molar-refractivity contribution in [2.75, 3.05) is 13.2 Å². The van der Waals surface area contributed by atoms with Gasteiger partial charge in [-0.25, -0.2) is 19.6 Å². The second-order valence-corrected chi connectivity index (χ2v) is 13.4. The number of aromatic amines is 1. The first-order chi connectivity index (χ1) is 28.9. The molecule has 60 heavy (non-hydrogen) atoms. The number of hydrogen-bond donors (Lipinski definition) is 2. The molecule has 3 heterocycles. The monoisotopic (exact) mass is 822 g/mol. The average molecular weight is 823 g/mol. The Bertz CT molecular complexity index is 2520. The fraction of sp³-hybridized carbons (Fsp3) is 0.282. The van der Waals surface area contributed by atoms with Gasteiger partial charge in [0.1, 0.15) is 24.6 Å². The molecular formula is C39H38N10O11. The maximum atomic E-state index is 13.7. The average Bonchev–Trinajstić information content (AvgIpc) is 3.76. The van der Waals surface area contributed by atoms with Crippen molar-refractivity contribution in [2.45, 2.75) is 58.2 Å². The van der Waals surface area contributed by atoms with Crippen LogP contribution in [0.5, 0.6) is 5.75 Å². The molecule has 310 valence electrons. The highest BCUT2D eigenvalue weighted by Crippen LogP contribution is 2.30. The van der Waals surface area contributed by atoms with Gasteiger partial charge in [0.15, 0.2) is 11.4 Å². The number of rotatable bonds is 19. The van der Waals surface area contributed by atoms with E-state index in [4.69, 9.17) is 9.47 Å². The number of nitrogens with zero attached hydrogens (tertiary/aromatic N) is 8. The second kappa shape index (κ2) is 19.5. The van der Waals surface area contributed by atoms with Gasteiger partial charge in [0.25, 0.3) is 15.7 Å². The zero-order valence-electron chi connectivity index (χ0n) is 32.3. The standard InChI is InChI=1S/C39H38N10O11/c1-24-35-33(59-39(52)42-32(20-26-10-4-3-5-11-26)38(51)57-19-9-8-12-29(60-49(55)56)23-58-48(53)54)21-34(50)47(37(35)41-25(2)40-24)22-27-15-17-28(18-16-27)30-13-6-7-14-31(30)36-43-45-46-44-36/h3-7,10-11,13-18,21,29,32H,8-9,12,19-20,22-23H2,1-2H3,(H,42,52)(H,43,44,45,46). The Hall–Kier alpha value is -7.84. The number of nitrogens with one attached hydrogen (secondary N) is 2. The highest BCUT2D eigenvalue weighted by molar-refractivity contribution is 5.89. The molecule has 0 fully saturated rings. The van der Waals surface area contributed by atoms with Gasteiger partial charge in [0.05, 0.1) is 24.2 Å². The van der Waals surface area contributed by atoms with Crippen molar-refractivity contribution in [1.29, 1.82) is 0 Å². The van der Waals surface area contributed by atoms with E-state index in [1.165, 1.54) is 10.6 Å². The SMILES string of the molecule is Cc1nc(C)c2c(OC(=O)NC(Cc3ccccc3)C(=O)OCCCCC(CO[N+](=O)[O-])O[N+](=O)[O-])cc(=O)n(Cc3ccc(-c4ccccc4-c4nn[nH]n4)cc3)c2n1. The molecule has 2 atom stereocenters. The van der Waals surface area contributed by atoms with E-state index in [0.29, 0.717) is 28.3 Å². The van der Waals surface area contributed by atoms with Crippen LogP contribution in [0.4, 0.5) is 4.79 Å². The van der Waals surface area contributed by atoms with Crippen LogP contribution in [-0.4, -0.2) is 82.8 Å². The summed E-state index contributed by atoms with van der Waals surface area (Å²) in [5.41, 5.74) is 4.23. The number of aryl methyl sites for hydroxylation is 2. The molecule has 2 N–H and O–H groups in total. The number of benzene rings is 3. The van der Waals surface area contributed by atoms with Crippen molar-refractivity contribution in [3.63, 3.8) is 0 Å². The zero-order chi connectivity index (χ0) is 42.6. The summed E-state index contributed by atoms with van der Waals surface area (Å²) in [4.78, 5) is 79.5. The number of amides is 1. The minimum absolute atomic E-state index is 0.00461. The van der Waals surface area contributed by atoms with Gasteiger partial charge in [0, 0.05) is 18.1 Å². The zero-order valence-corrected chi connectivity index (χ0v) is 32.3. The van der Waals surface area contributed by atoms with Gasteiger partial charge < -0.3 is 24.5 Å². The first-order valence-corrected chi connectivity index (χ1v) is 18.5. The lowest BCUT2D eigenvalue weighted by Gasteiger charge is -2.19. The Kier molecular flexibility index (Phi) is 13.6. The molecule has 0 spiro atoms. The lowest BCUT2D eigenvalue weighted by Crippen LogP contribution is -2.44. The minimum Gasteiger partial charge on any atom is -0.464 e. The van der Waals surface area contributed by atoms with Gasteiger partial charge in [-0.2, -0.15) is 5.21 Å². The van der Waals surface area contributed by atoms with Gasteiger partial charge in [-0.1, -0.05) is 78.9 Å². The molecule has 6 rings (SSSR count). The van der Waals surface area contributed by atoms with Crippen LogP contribution in [0, 0.1) is 34.1 Å². The summed E-state index contributed by atoms with van der Waals surface area (Å²) < 4.78 is 12.6. The molecule has 1 amide bonds. The van der Waals surface area contributed by atoms with Crippen molar-refractivity contribution < 1.29 is 38.9 Å². The molecule has 0 saturated heterocycles. The largest absolute Gasteiger partial charge is 0.464 e. The number of carbonyl (C=O) groups excluding carboxylic acids is 2. The summed E-state index contributed by atoms with van der Waals surface area (Å²) >= 11 is 0. The van der Waals surface area contributed by atoms with E-state index in [-0.39, 0.29) is 50.2 Å². The summed E-state index contributed by atoms with van der Waals surface area (Å²) in [6.45, 7) is 2.72. The van der Waals surface area contributed by atoms with Crippen LogP contribution in [0.2, 0.25) is 0 Å². The molecule has 0 radical (unpaired) electrons. The van der Waals surface area contributed by atoms with E-state index < -0.39 is 46.5 Å². The fourth-order valence-corrected chi connectivity index (χ4v) is 6.45. The Morgan fingerprint density at radius 1 is 0.900 bits per heavy atom. The van der Waals surface area contributed by atoms with Gasteiger partial charge in [-0.05, 0) is 60.6 Å². The maximum Gasteiger partial charge on any atom is 0.413 e. The first kappa shape index (κ1) is 41.8. The number of tetrazole rings is 1. The van der Waals surface area contributed by atoms with Crippen LogP contribution in [-0.2, 0) is 32.2 Å². The van der Waals surface area contributed by atoms with Crippen LogP contribution in [0.1, 0.15) is 41.9 Å². The van der Waals surface area contributed by atoms with Crippen molar-refractivity contribution in [1.82, 2.24) is 40.5 Å². The van der Waals surface area contributed by atoms with Crippen molar-refractivity contribution in [2.24, 2.45) is 0 Å². The Morgan fingerprint density at radius 2 is 1.63 bits per heavy atom. The first-order valence-electron chi connectivity index (χ1n) is 18.5. The van der Waals surface area contributed by atoms with Crippen LogP contribution in [0.25, 0.3) is 33.5 Å². The Labute approximate surface area is 339 Å². The second-order valence-electron chi connectivity index (χ2n) is 13.4. The highest BCUT2D eigenvalue weighted by atomic mass is 17.0. The van der Waals surface area contributed by atoms with Crippen LogP contribution >= 0.6 is 0 Å². The van der Waals surface area contributed by atoms with Crippen molar-refractivity contribution in [3.05, 3.63) is 138 Å². The van der Waals surface area contributed by atoms with E-state index in [0.717, 1.165) is 22.3 Å². The third-order valence-electron chi connectivity index (χ3n) is 9.15. The van der Waals surface area contributed by atoms with E-state index in [2.05, 4.69) is 45.6 Å². The maximum absolute atomic E-state index is 13.7. The molecule has 21 nitrogen and oxygen atoms in total. The predicted molar refractivity (Wildman–Crippen MR) is 210 cm³/mol. The fourth-order valence-electron chi connectivity index (χ4n) is 6.45. The molecule has 0 bridgehead atoms. The number of fused-ring (bicyclic) bond motifs is 1. The summed E-state index contributed by atoms with van der Waals surface area (Å²) in [7, 11) is 0.